The number of benzene rings is 1. The third-order valence-electron chi connectivity index (χ3n) is 4.84. The first kappa shape index (κ1) is 16.8. The minimum Gasteiger partial charge on any atom is -0.480 e. The van der Waals surface area contributed by atoms with E-state index in [0.29, 0.717) is 16.4 Å². The van der Waals surface area contributed by atoms with Gasteiger partial charge in [0.15, 0.2) is 0 Å². The quantitative estimate of drug-likeness (QED) is 0.709. The molecule has 28 heavy (non-hydrogen) atoms. The Labute approximate surface area is 164 Å². The van der Waals surface area contributed by atoms with Crippen molar-refractivity contribution in [1.29, 1.82) is 0 Å². The van der Waals surface area contributed by atoms with Crippen LogP contribution in [0.3, 0.4) is 0 Å². The summed E-state index contributed by atoms with van der Waals surface area (Å²) in [5.74, 6) is -0.972. The second-order valence-electron chi connectivity index (χ2n) is 6.49. The van der Waals surface area contributed by atoms with Crippen LogP contribution in [0.2, 0.25) is 0 Å². The molecule has 2 aromatic heterocycles. The number of nitrogens with one attached hydrogen (secondary N) is 1. The third kappa shape index (κ3) is 2.53. The second kappa shape index (κ2) is 6.35. The van der Waals surface area contributed by atoms with Crippen molar-refractivity contribution in [2.24, 2.45) is 0 Å². The molecule has 0 saturated carbocycles. The van der Waals surface area contributed by atoms with Gasteiger partial charge in [0, 0.05) is 23.5 Å². The number of anilines is 2. The molecule has 0 fully saturated rings. The van der Waals surface area contributed by atoms with Crippen molar-refractivity contribution in [3.05, 3.63) is 66.6 Å². The van der Waals surface area contributed by atoms with Gasteiger partial charge in [-0.3, -0.25) is 14.7 Å². The lowest BCUT2D eigenvalue weighted by atomic mass is 10.0. The average molecular weight is 390 g/mol. The molecule has 1 aromatic carbocycles. The third-order valence-corrected chi connectivity index (χ3v) is 6.11. The highest BCUT2D eigenvalue weighted by molar-refractivity contribution is 8.00. The van der Waals surface area contributed by atoms with Crippen LogP contribution in [0.1, 0.15) is 11.6 Å². The highest BCUT2D eigenvalue weighted by Crippen LogP contribution is 2.50. The largest absolute Gasteiger partial charge is 0.480 e. The Morgan fingerprint density at radius 2 is 1.96 bits per heavy atom. The summed E-state index contributed by atoms with van der Waals surface area (Å²) in [6, 6.07) is 12.4. The predicted molar refractivity (Wildman–Crippen MR) is 105 cm³/mol. The number of carbonyl (C=O) groups excluding carboxylic acids is 1. The number of aliphatic carboxylic acids is 1. The first-order chi connectivity index (χ1) is 13.6. The molecule has 4 heterocycles. The lowest BCUT2D eigenvalue weighted by Gasteiger charge is -2.33. The van der Waals surface area contributed by atoms with E-state index in [0.717, 1.165) is 28.5 Å². The maximum atomic E-state index is 12.9. The summed E-state index contributed by atoms with van der Waals surface area (Å²) in [6.45, 7) is 0. The van der Waals surface area contributed by atoms with Gasteiger partial charge >= 0.3 is 12.0 Å². The summed E-state index contributed by atoms with van der Waals surface area (Å²) in [7, 11) is 0. The zero-order chi connectivity index (χ0) is 19.3. The Morgan fingerprint density at radius 1 is 1.14 bits per heavy atom. The van der Waals surface area contributed by atoms with Gasteiger partial charge in [0.25, 0.3) is 0 Å². The number of rotatable bonds is 3. The van der Waals surface area contributed by atoms with Gasteiger partial charge in [-0.15, -0.1) is 0 Å². The van der Waals surface area contributed by atoms with Crippen molar-refractivity contribution in [2.45, 2.75) is 16.3 Å². The van der Waals surface area contributed by atoms with Crippen LogP contribution in [0.15, 0.2) is 66.1 Å². The van der Waals surface area contributed by atoms with E-state index < -0.39 is 17.3 Å². The number of carbonyl (C=O) groups is 2. The van der Waals surface area contributed by atoms with Gasteiger partial charge in [-0.1, -0.05) is 42.1 Å². The Kier molecular flexibility index (Phi) is 3.80. The molecule has 8 heteroatoms. The van der Waals surface area contributed by atoms with Crippen molar-refractivity contribution >= 4 is 35.1 Å². The minimum absolute atomic E-state index is 0.379. The van der Waals surface area contributed by atoms with Crippen molar-refractivity contribution in [1.82, 2.24) is 15.3 Å². The Bertz CT molecular complexity index is 1110. The van der Waals surface area contributed by atoms with Crippen LogP contribution in [0.4, 0.5) is 16.2 Å². The monoisotopic (exact) mass is 390 g/mol. The Hall–Kier alpha value is -3.39. The Balaban J connectivity index is 1.62. The molecular weight excluding hydrogens is 376 g/mol. The maximum absolute atomic E-state index is 12.9. The summed E-state index contributed by atoms with van der Waals surface area (Å²) in [6.07, 6.45) is 4.97. The summed E-state index contributed by atoms with van der Waals surface area (Å²) < 4.78 is 0. The molecule has 0 bridgehead atoms. The maximum Gasteiger partial charge on any atom is 0.327 e. The van der Waals surface area contributed by atoms with Crippen molar-refractivity contribution in [2.75, 3.05) is 4.90 Å². The molecular formula is C20H14N4O3S. The number of aromatic nitrogens is 2. The van der Waals surface area contributed by atoms with Crippen molar-refractivity contribution in [3.8, 4) is 11.1 Å². The minimum atomic E-state index is -0.972. The van der Waals surface area contributed by atoms with Crippen molar-refractivity contribution in [3.63, 3.8) is 0 Å². The summed E-state index contributed by atoms with van der Waals surface area (Å²) >= 11 is 1.16. The molecule has 138 valence electrons. The van der Waals surface area contributed by atoms with E-state index in [9.17, 15) is 14.7 Å². The number of urea groups is 1. The number of hydrogen-bond acceptors (Lipinski definition) is 5. The highest BCUT2D eigenvalue weighted by atomic mass is 32.2. The number of thioether (sulfide) groups is 1. The number of carboxylic acids is 1. The van der Waals surface area contributed by atoms with Gasteiger partial charge in [-0.05, 0) is 17.7 Å². The zero-order valence-electron chi connectivity index (χ0n) is 14.4. The zero-order valence-corrected chi connectivity index (χ0v) is 15.3. The number of nitrogens with zero attached hydrogens (tertiary/aromatic N) is 3. The first-order valence-electron chi connectivity index (χ1n) is 8.63. The Morgan fingerprint density at radius 3 is 2.75 bits per heavy atom. The lowest BCUT2D eigenvalue weighted by Crippen LogP contribution is -2.47. The molecule has 7 nitrogen and oxygen atoms in total. The van der Waals surface area contributed by atoms with Crippen LogP contribution in [0.25, 0.3) is 11.1 Å². The van der Waals surface area contributed by atoms with Crippen LogP contribution in [0.5, 0.6) is 0 Å². The molecule has 2 N–H and O–H groups in total. The molecule has 0 saturated heterocycles. The van der Waals surface area contributed by atoms with Gasteiger partial charge in [-0.25, -0.2) is 9.78 Å². The fourth-order valence-electron chi connectivity index (χ4n) is 3.61. The molecule has 0 spiro atoms. The molecule has 2 unspecified atom stereocenters. The lowest BCUT2D eigenvalue weighted by molar-refractivity contribution is -0.136. The molecule has 2 aliphatic rings. The van der Waals surface area contributed by atoms with E-state index in [1.807, 2.05) is 36.4 Å². The van der Waals surface area contributed by atoms with Crippen LogP contribution in [0, 0.1) is 0 Å². The van der Waals surface area contributed by atoms with E-state index >= 15 is 0 Å². The van der Waals surface area contributed by atoms with Crippen molar-refractivity contribution < 1.29 is 14.7 Å². The molecule has 2 aliphatic heterocycles. The van der Waals surface area contributed by atoms with E-state index in [1.54, 1.807) is 24.7 Å². The molecule has 0 radical (unpaired) electrons. The van der Waals surface area contributed by atoms with Gasteiger partial charge in [0.1, 0.15) is 10.3 Å². The van der Waals surface area contributed by atoms with Crippen LogP contribution >= 0.6 is 11.8 Å². The van der Waals surface area contributed by atoms with E-state index in [2.05, 4.69) is 15.3 Å². The van der Waals surface area contributed by atoms with E-state index in [4.69, 9.17) is 0 Å². The van der Waals surface area contributed by atoms with E-state index in [1.165, 1.54) is 4.90 Å². The van der Waals surface area contributed by atoms with E-state index in [-0.39, 0.29) is 6.03 Å². The second-order valence-corrected chi connectivity index (χ2v) is 7.62. The summed E-state index contributed by atoms with van der Waals surface area (Å²) in [5, 5.41) is 12.2. The molecule has 3 aromatic rings. The fourth-order valence-corrected chi connectivity index (χ4v) is 4.77. The molecule has 2 atom stereocenters. The number of amides is 2. The molecule has 5 rings (SSSR count). The van der Waals surface area contributed by atoms with Crippen LogP contribution < -0.4 is 10.2 Å². The van der Waals surface area contributed by atoms with Gasteiger partial charge in [0.2, 0.25) is 0 Å². The molecule has 0 aliphatic carbocycles. The van der Waals surface area contributed by atoms with Crippen LogP contribution in [-0.2, 0) is 4.79 Å². The van der Waals surface area contributed by atoms with Gasteiger partial charge in [-0.2, -0.15) is 0 Å². The first-order valence-corrected chi connectivity index (χ1v) is 9.51. The smallest absolute Gasteiger partial charge is 0.327 e. The fraction of sp³-hybridized carbons (Fsp3) is 0.100. The van der Waals surface area contributed by atoms with Gasteiger partial charge in [0.05, 0.1) is 23.6 Å². The molecule has 2 amide bonds. The normalized spacial score (nSPS) is 19.9. The SMILES string of the molecule is O=C(O)C1Sc2nccc3c2C1NC(=O)N3c1cncc(-c2ccccc2)c1. The van der Waals surface area contributed by atoms with Gasteiger partial charge < -0.3 is 10.4 Å². The number of pyridine rings is 2. The summed E-state index contributed by atoms with van der Waals surface area (Å²) in [4.78, 5) is 34.7. The highest BCUT2D eigenvalue weighted by Gasteiger charge is 2.46. The van der Waals surface area contributed by atoms with Crippen LogP contribution in [-0.4, -0.2) is 32.3 Å². The standard InChI is InChI=1S/C20H14N4O3S/c25-19(26)17-16-15-14(6-7-22-18(15)28-17)24(20(27)23-16)13-8-12(9-21-10-13)11-4-2-1-3-5-11/h1-10,16-17H,(H,23,27)(H,25,26). The number of hydrogen-bond donors (Lipinski definition) is 2. The topological polar surface area (TPSA) is 95.4 Å². The predicted octanol–water partition coefficient (Wildman–Crippen LogP) is 3.60. The number of carboxylic acid groups (broad SMARTS) is 1. The average Bonchev–Trinajstić information content (AvgIpc) is 3.09. The summed E-state index contributed by atoms with van der Waals surface area (Å²) in [5.41, 5.74) is 3.87.